The van der Waals surface area contributed by atoms with Crippen molar-refractivity contribution in [2.45, 2.75) is 0 Å². The number of anilines is 1. The number of nitrogens with two attached hydrogens (primary N) is 1. The summed E-state index contributed by atoms with van der Waals surface area (Å²) in [5.41, 5.74) is 7.20. The molecule has 3 aromatic rings. The normalized spacial score (nSPS) is 10.9. The molecular formula is C10H7N3OS. The van der Waals surface area contributed by atoms with E-state index in [2.05, 4.69) is 9.97 Å². The van der Waals surface area contributed by atoms with Gasteiger partial charge in [-0.1, -0.05) is 23.5 Å². The van der Waals surface area contributed by atoms with Crippen molar-refractivity contribution in [1.29, 1.82) is 0 Å². The van der Waals surface area contributed by atoms with E-state index < -0.39 is 0 Å². The number of benzene rings is 1. The van der Waals surface area contributed by atoms with Crippen molar-refractivity contribution in [3.05, 3.63) is 30.5 Å². The smallest absolute Gasteiger partial charge is 0.257 e. The van der Waals surface area contributed by atoms with E-state index in [1.807, 2.05) is 24.3 Å². The standard InChI is InChI=1S/C10H7N3OS/c11-8-5-12-10(15-8)9-13-6-3-1-2-4-7(6)14-9/h1-5H,11H2. The Kier molecular flexibility index (Phi) is 1.72. The Bertz CT molecular complexity index is 581. The molecule has 2 aromatic heterocycles. The van der Waals surface area contributed by atoms with Gasteiger partial charge in [-0.05, 0) is 12.1 Å². The van der Waals surface area contributed by atoms with Crippen molar-refractivity contribution >= 4 is 27.4 Å². The maximum Gasteiger partial charge on any atom is 0.257 e. The fourth-order valence-electron chi connectivity index (χ4n) is 1.35. The van der Waals surface area contributed by atoms with Gasteiger partial charge in [-0.25, -0.2) is 9.97 Å². The Labute approximate surface area is 89.4 Å². The third-order valence-electron chi connectivity index (χ3n) is 2.00. The van der Waals surface area contributed by atoms with Crippen molar-refractivity contribution in [1.82, 2.24) is 9.97 Å². The summed E-state index contributed by atoms with van der Waals surface area (Å²) in [4.78, 5) is 8.44. The number of fused-ring (bicyclic) bond motifs is 1. The zero-order valence-electron chi connectivity index (χ0n) is 7.68. The monoisotopic (exact) mass is 217 g/mol. The molecule has 1 aromatic carbocycles. The van der Waals surface area contributed by atoms with Crippen LogP contribution in [-0.2, 0) is 0 Å². The number of nitrogen functional groups attached to an aromatic ring is 1. The molecule has 0 saturated heterocycles. The second-order valence-corrected chi connectivity index (χ2v) is 4.12. The van der Waals surface area contributed by atoms with Crippen LogP contribution in [0.15, 0.2) is 34.9 Å². The first kappa shape index (κ1) is 8.43. The summed E-state index contributed by atoms with van der Waals surface area (Å²) in [5, 5.41) is 1.37. The van der Waals surface area contributed by atoms with Gasteiger partial charge >= 0.3 is 0 Å². The number of rotatable bonds is 1. The quantitative estimate of drug-likeness (QED) is 0.680. The predicted molar refractivity (Wildman–Crippen MR) is 59.5 cm³/mol. The average Bonchev–Trinajstić information content (AvgIpc) is 2.82. The third-order valence-corrected chi connectivity index (χ3v) is 2.81. The molecule has 0 aliphatic carbocycles. The average molecular weight is 217 g/mol. The molecule has 3 rings (SSSR count). The molecule has 15 heavy (non-hydrogen) atoms. The fraction of sp³-hybridized carbons (Fsp3) is 0. The van der Waals surface area contributed by atoms with E-state index in [0.29, 0.717) is 15.9 Å². The lowest BCUT2D eigenvalue weighted by atomic mass is 10.3. The van der Waals surface area contributed by atoms with Gasteiger partial charge in [0.05, 0.1) is 6.20 Å². The maximum absolute atomic E-state index is 5.60. The maximum atomic E-state index is 5.60. The summed E-state index contributed by atoms with van der Waals surface area (Å²) in [5.74, 6) is 0.526. The van der Waals surface area contributed by atoms with Gasteiger partial charge in [0.25, 0.3) is 5.89 Å². The van der Waals surface area contributed by atoms with E-state index in [4.69, 9.17) is 10.2 Å². The van der Waals surface area contributed by atoms with Gasteiger partial charge in [0.1, 0.15) is 10.5 Å². The molecule has 74 valence electrons. The second-order valence-electron chi connectivity index (χ2n) is 3.05. The molecular weight excluding hydrogens is 210 g/mol. The highest BCUT2D eigenvalue weighted by molar-refractivity contribution is 7.18. The first-order valence-corrected chi connectivity index (χ1v) is 5.22. The highest BCUT2D eigenvalue weighted by Crippen LogP contribution is 2.28. The van der Waals surface area contributed by atoms with Gasteiger partial charge in [0, 0.05) is 0 Å². The fourth-order valence-corrected chi connectivity index (χ4v) is 1.96. The van der Waals surface area contributed by atoms with Crippen LogP contribution < -0.4 is 5.73 Å². The van der Waals surface area contributed by atoms with Gasteiger partial charge in [-0.3, -0.25) is 0 Å². The van der Waals surface area contributed by atoms with Crippen molar-refractivity contribution in [3.63, 3.8) is 0 Å². The number of hydrogen-bond donors (Lipinski definition) is 1. The molecule has 2 heterocycles. The Balaban J connectivity index is 2.19. The van der Waals surface area contributed by atoms with Gasteiger partial charge in [-0.15, -0.1) is 0 Å². The SMILES string of the molecule is Nc1cnc(-c2nc3ccccc3o2)s1. The summed E-state index contributed by atoms with van der Waals surface area (Å²) in [7, 11) is 0. The first-order valence-electron chi connectivity index (χ1n) is 4.40. The Morgan fingerprint density at radius 1 is 1.27 bits per heavy atom. The van der Waals surface area contributed by atoms with E-state index in [-0.39, 0.29) is 0 Å². The molecule has 0 spiro atoms. The van der Waals surface area contributed by atoms with E-state index in [1.165, 1.54) is 11.3 Å². The van der Waals surface area contributed by atoms with Crippen LogP contribution >= 0.6 is 11.3 Å². The number of oxazole rings is 1. The first-order chi connectivity index (χ1) is 7.33. The summed E-state index contributed by atoms with van der Waals surface area (Å²) >= 11 is 1.37. The Morgan fingerprint density at radius 2 is 2.13 bits per heavy atom. The predicted octanol–water partition coefficient (Wildman–Crippen LogP) is 2.53. The van der Waals surface area contributed by atoms with Crippen LogP contribution in [0.5, 0.6) is 0 Å². The van der Waals surface area contributed by atoms with Crippen molar-refractivity contribution in [2.24, 2.45) is 0 Å². The molecule has 0 amide bonds. The number of aromatic nitrogens is 2. The van der Waals surface area contributed by atoms with Gasteiger partial charge < -0.3 is 10.2 Å². The van der Waals surface area contributed by atoms with Crippen LogP contribution in [0.4, 0.5) is 5.00 Å². The molecule has 0 fully saturated rings. The van der Waals surface area contributed by atoms with Crippen molar-refractivity contribution < 1.29 is 4.42 Å². The molecule has 0 bridgehead atoms. The highest BCUT2D eigenvalue weighted by Gasteiger charge is 2.10. The number of thiazole rings is 1. The van der Waals surface area contributed by atoms with Crippen LogP contribution in [-0.4, -0.2) is 9.97 Å². The zero-order chi connectivity index (χ0) is 10.3. The van der Waals surface area contributed by atoms with Gasteiger partial charge in [-0.2, -0.15) is 0 Å². The number of hydrogen-bond acceptors (Lipinski definition) is 5. The molecule has 0 saturated carbocycles. The summed E-state index contributed by atoms with van der Waals surface area (Å²) in [6.45, 7) is 0. The minimum absolute atomic E-state index is 0.526. The highest BCUT2D eigenvalue weighted by atomic mass is 32.1. The van der Waals surface area contributed by atoms with E-state index in [9.17, 15) is 0 Å². The summed E-state index contributed by atoms with van der Waals surface area (Å²) < 4.78 is 5.55. The third kappa shape index (κ3) is 1.37. The summed E-state index contributed by atoms with van der Waals surface area (Å²) in [6.07, 6.45) is 1.61. The molecule has 0 aliphatic rings. The molecule has 0 radical (unpaired) electrons. The molecule has 5 heteroatoms. The number of nitrogens with zero attached hydrogens (tertiary/aromatic N) is 2. The van der Waals surface area contributed by atoms with Crippen LogP contribution in [0.2, 0.25) is 0 Å². The van der Waals surface area contributed by atoms with Crippen LogP contribution in [0.3, 0.4) is 0 Å². The van der Waals surface area contributed by atoms with Crippen molar-refractivity contribution in [2.75, 3.05) is 5.73 Å². The molecule has 0 unspecified atom stereocenters. The topological polar surface area (TPSA) is 64.9 Å². The van der Waals surface area contributed by atoms with Crippen LogP contribution in [0.25, 0.3) is 22.0 Å². The second kappa shape index (κ2) is 3.06. The molecule has 2 N–H and O–H groups in total. The molecule has 0 aliphatic heterocycles. The lowest BCUT2D eigenvalue weighted by Gasteiger charge is -1.83. The molecule has 4 nitrogen and oxygen atoms in total. The number of para-hydroxylation sites is 2. The molecule has 0 atom stereocenters. The van der Waals surface area contributed by atoms with Crippen LogP contribution in [0, 0.1) is 0 Å². The van der Waals surface area contributed by atoms with Gasteiger partial charge in [0.2, 0.25) is 0 Å². The lowest BCUT2D eigenvalue weighted by molar-refractivity contribution is 0.619. The van der Waals surface area contributed by atoms with E-state index in [0.717, 1.165) is 11.1 Å². The van der Waals surface area contributed by atoms with Crippen molar-refractivity contribution in [3.8, 4) is 10.9 Å². The van der Waals surface area contributed by atoms with Crippen LogP contribution in [0.1, 0.15) is 0 Å². The van der Waals surface area contributed by atoms with E-state index >= 15 is 0 Å². The largest absolute Gasteiger partial charge is 0.434 e. The minimum Gasteiger partial charge on any atom is -0.434 e. The minimum atomic E-state index is 0.526. The summed E-state index contributed by atoms with van der Waals surface area (Å²) in [6, 6.07) is 7.61. The lowest BCUT2D eigenvalue weighted by Crippen LogP contribution is -1.73. The zero-order valence-corrected chi connectivity index (χ0v) is 8.49. The Morgan fingerprint density at radius 3 is 2.87 bits per heavy atom. The van der Waals surface area contributed by atoms with E-state index in [1.54, 1.807) is 6.20 Å². The van der Waals surface area contributed by atoms with Gasteiger partial charge in [0.15, 0.2) is 10.6 Å². The Hall–Kier alpha value is -1.88.